The van der Waals surface area contributed by atoms with E-state index in [2.05, 4.69) is 0 Å². The van der Waals surface area contributed by atoms with E-state index in [9.17, 15) is 31.4 Å². The molecule has 1 nitrogen and oxygen atoms in total. The molecule has 0 heterocycles. The molecular weight excluding hydrogens is 437 g/mol. The smallest absolute Gasteiger partial charge is 0.194 e. The zero-order valence-corrected chi connectivity index (χ0v) is 17.0. The van der Waals surface area contributed by atoms with Crippen molar-refractivity contribution < 1.29 is 35.8 Å². The second-order valence-electron chi connectivity index (χ2n) is 7.46. The van der Waals surface area contributed by atoms with E-state index in [1.807, 2.05) is 6.92 Å². The van der Waals surface area contributed by atoms with Crippen LogP contribution in [0.5, 0.6) is 5.75 Å². The molecule has 3 rings (SSSR count). The van der Waals surface area contributed by atoms with Gasteiger partial charge in [0.25, 0.3) is 0 Å². The molecule has 0 amide bonds. The minimum absolute atomic E-state index is 0.0764. The minimum Gasteiger partial charge on any atom is -0.507 e. The van der Waals surface area contributed by atoms with E-state index >= 15 is 4.39 Å². The van der Waals surface area contributed by atoms with Gasteiger partial charge in [-0.05, 0) is 61.1 Å². The predicted octanol–water partition coefficient (Wildman–Crippen LogP) is 7.16. The Labute approximate surface area is 180 Å². The van der Waals surface area contributed by atoms with Gasteiger partial charge in [0.15, 0.2) is 17.5 Å². The molecule has 3 aromatic carbocycles. The Hall–Kier alpha value is -3.03. The molecule has 8 heteroatoms. The van der Waals surface area contributed by atoms with Gasteiger partial charge in [-0.25, -0.2) is 30.7 Å². The van der Waals surface area contributed by atoms with Gasteiger partial charge in [-0.2, -0.15) is 0 Å². The molecule has 0 bridgehead atoms. The predicted molar refractivity (Wildman–Crippen MR) is 106 cm³/mol. The van der Waals surface area contributed by atoms with Crippen molar-refractivity contribution in [3.05, 3.63) is 87.7 Å². The van der Waals surface area contributed by atoms with Crippen molar-refractivity contribution in [2.24, 2.45) is 0 Å². The molecule has 0 saturated heterocycles. The van der Waals surface area contributed by atoms with Crippen LogP contribution in [0.3, 0.4) is 0 Å². The summed E-state index contributed by atoms with van der Waals surface area (Å²) in [6, 6.07) is 3.94. The van der Waals surface area contributed by atoms with Crippen LogP contribution < -0.4 is 0 Å². The van der Waals surface area contributed by atoms with Crippen molar-refractivity contribution in [1.82, 2.24) is 0 Å². The SMILES string of the molecule is CCCCc1cc(F)c(-c2c(O)cc(F)c(CCc3cc(F)c(F)c(F)c3)c2F)c(F)c1. The molecule has 0 saturated carbocycles. The van der Waals surface area contributed by atoms with Crippen LogP contribution in [-0.2, 0) is 19.3 Å². The number of benzene rings is 3. The highest BCUT2D eigenvalue weighted by Gasteiger charge is 2.25. The normalized spacial score (nSPS) is 11.2. The van der Waals surface area contributed by atoms with E-state index in [-0.39, 0.29) is 12.0 Å². The summed E-state index contributed by atoms with van der Waals surface area (Å²) in [7, 11) is 0. The zero-order chi connectivity index (χ0) is 23.6. The first-order valence-corrected chi connectivity index (χ1v) is 9.95. The molecule has 32 heavy (non-hydrogen) atoms. The highest BCUT2D eigenvalue weighted by Crippen LogP contribution is 2.39. The van der Waals surface area contributed by atoms with E-state index < -0.39 is 69.6 Å². The quantitative estimate of drug-likeness (QED) is 0.295. The molecule has 170 valence electrons. The number of unbranched alkanes of at least 4 members (excludes halogenated alkanes) is 1. The Morgan fingerprint density at radius 3 is 1.69 bits per heavy atom. The summed E-state index contributed by atoms with van der Waals surface area (Å²) >= 11 is 0. The van der Waals surface area contributed by atoms with Crippen LogP contribution in [0.4, 0.5) is 30.7 Å². The molecule has 0 fully saturated rings. The Bertz CT molecular complexity index is 1110. The van der Waals surface area contributed by atoms with E-state index in [0.29, 0.717) is 36.6 Å². The van der Waals surface area contributed by atoms with Gasteiger partial charge in [-0.15, -0.1) is 0 Å². The monoisotopic (exact) mass is 456 g/mol. The lowest BCUT2D eigenvalue weighted by molar-refractivity contribution is 0.445. The first kappa shape index (κ1) is 23.6. The van der Waals surface area contributed by atoms with Gasteiger partial charge in [0, 0.05) is 11.6 Å². The van der Waals surface area contributed by atoms with Crippen LogP contribution in [0, 0.1) is 40.7 Å². The summed E-state index contributed by atoms with van der Waals surface area (Å²) in [6.07, 6.45) is 1.12. The third-order valence-electron chi connectivity index (χ3n) is 5.17. The van der Waals surface area contributed by atoms with Crippen molar-refractivity contribution in [2.45, 2.75) is 39.0 Å². The Morgan fingerprint density at radius 2 is 1.12 bits per heavy atom. The molecule has 0 spiro atoms. The number of hydrogen-bond donors (Lipinski definition) is 1. The van der Waals surface area contributed by atoms with E-state index in [1.165, 1.54) is 0 Å². The van der Waals surface area contributed by atoms with Crippen LogP contribution in [0.15, 0.2) is 30.3 Å². The topological polar surface area (TPSA) is 20.2 Å². The molecule has 0 aliphatic rings. The fourth-order valence-corrected chi connectivity index (χ4v) is 3.53. The minimum atomic E-state index is -1.67. The van der Waals surface area contributed by atoms with Crippen LogP contribution in [0.1, 0.15) is 36.5 Å². The first-order valence-electron chi connectivity index (χ1n) is 9.95. The molecule has 0 aliphatic heterocycles. The summed E-state index contributed by atoms with van der Waals surface area (Å²) in [6.45, 7) is 1.91. The maximum Gasteiger partial charge on any atom is 0.194 e. The highest BCUT2D eigenvalue weighted by atomic mass is 19.2. The van der Waals surface area contributed by atoms with E-state index in [1.54, 1.807) is 0 Å². The molecule has 1 N–H and O–H groups in total. The van der Waals surface area contributed by atoms with Crippen molar-refractivity contribution in [2.75, 3.05) is 0 Å². The lowest BCUT2D eigenvalue weighted by atomic mass is 9.94. The summed E-state index contributed by atoms with van der Waals surface area (Å²) in [5.41, 5.74) is -2.06. The summed E-state index contributed by atoms with van der Waals surface area (Å²) in [5, 5.41) is 10.0. The van der Waals surface area contributed by atoms with Crippen molar-refractivity contribution in [3.8, 4) is 16.9 Å². The van der Waals surface area contributed by atoms with Crippen molar-refractivity contribution in [3.63, 3.8) is 0 Å². The van der Waals surface area contributed by atoms with Crippen LogP contribution in [0.25, 0.3) is 11.1 Å². The fraction of sp³-hybridized carbons (Fsp3) is 0.250. The largest absolute Gasteiger partial charge is 0.507 e. The number of hydrogen-bond acceptors (Lipinski definition) is 1. The van der Waals surface area contributed by atoms with Crippen LogP contribution in [0.2, 0.25) is 0 Å². The molecule has 0 aliphatic carbocycles. The van der Waals surface area contributed by atoms with E-state index in [0.717, 1.165) is 18.6 Å². The average molecular weight is 456 g/mol. The average Bonchev–Trinajstić information content (AvgIpc) is 2.71. The molecule has 0 radical (unpaired) electrons. The maximum absolute atomic E-state index is 15.1. The van der Waals surface area contributed by atoms with Gasteiger partial charge in [-0.1, -0.05) is 13.3 Å². The number of halogens is 7. The van der Waals surface area contributed by atoms with Gasteiger partial charge in [0.1, 0.15) is 29.0 Å². The number of rotatable bonds is 7. The van der Waals surface area contributed by atoms with Gasteiger partial charge in [-0.3, -0.25) is 0 Å². The van der Waals surface area contributed by atoms with Crippen LogP contribution >= 0.6 is 0 Å². The van der Waals surface area contributed by atoms with Gasteiger partial charge >= 0.3 is 0 Å². The van der Waals surface area contributed by atoms with Crippen molar-refractivity contribution in [1.29, 1.82) is 0 Å². The Kier molecular flexibility index (Phi) is 7.11. The number of aryl methyl sites for hydroxylation is 2. The van der Waals surface area contributed by atoms with Gasteiger partial charge in [0.2, 0.25) is 0 Å². The Morgan fingerprint density at radius 1 is 0.594 bits per heavy atom. The summed E-state index contributed by atoms with van der Waals surface area (Å²) in [4.78, 5) is 0. The van der Waals surface area contributed by atoms with Gasteiger partial charge < -0.3 is 5.11 Å². The third-order valence-corrected chi connectivity index (χ3v) is 5.17. The van der Waals surface area contributed by atoms with Gasteiger partial charge in [0.05, 0.1) is 11.1 Å². The number of phenols is 1. The molecular formula is C24H19F7O. The lowest BCUT2D eigenvalue weighted by Gasteiger charge is -2.15. The highest BCUT2D eigenvalue weighted by molar-refractivity contribution is 5.73. The molecule has 0 aromatic heterocycles. The number of aromatic hydroxyl groups is 1. The second-order valence-corrected chi connectivity index (χ2v) is 7.46. The van der Waals surface area contributed by atoms with E-state index in [4.69, 9.17) is 0 Å². The summed E-state index contributed by atoms with van der Waals surface area (Å²) in [5.74, 6) is -10.4. The molecule has 0 unspecified atom stereocenters. The number of phenolic OH excluding ortho intramolecular Hbond substituents is 1. The first-order chi connectivity index (χ1) is 15.1. The Balaban J connectivity index is 2.01. The second kappa shape index (κ2) is 9.63. The lowest BCUT2D eigenvalue weighted by Crippen LogP contribution is -2.05. The maximum atomic E-state index is 15.1. The molecule has 3 aromatic rings. The van der Waals surface area contributed by atoms with Crippen LogP contribution in [-0.4, -0.2) is 5.11 Å². The third kappa shape index (κ3) is 4.74. The fourth-order valence-electron chi connectivity index (χ4n) is 3.53. The molecule has 0 atom stereocenters. The standard InChI is InChI=1S/C24H19F7O/c1-2-3-4-12-7-16(26)21(17(27)8-12)22-20(32)11-15(25)14(23(22)30)6-5-13-9-18(28)24(31)19(29)10-13/h7-11,32H,2-6H2,1H3. The van der Waals surface area contributed by atoms with Crippen molar-refractivity contribution >= 4 is 0 Å². The zero-order valence-electron chi connectivity index (χ0n) is 17.0. The summed E-state index contributed by atoms with van der Waals surface area (Å²) < 4.78 is 98.7.